The normalized spacial score (nSPS) is 14.4. The van der Waals surface area contributed by atoms with E-state index in [0.717, 1.165) is 35.2 Å². The topological polar surface area (TPSA) is 12.5 Å². The van der Waals surface area contributed by atoms with E-state index in [-0.39, 0.29) is 0 Å². The van der Waals surface area contributed by atoms with Gasteiger partial charge in [-0.05, 0) is 29.8 Å². The molecule has 0 aromatic heterocycles. The number of hydrogen-bond donors (Lipinski definition) is 0. The number of hydrogen-bond acceptors (Lipinski definition) is 2. The van der Waals surface area contributed by atoms with Gasteiger partial charge in [0, 0.05) is 27.6 Å². The first-order valence-electron chi connectivity index (χ1n) is 6.58. The Labute approximate surface area is 136 Å². The van der Waals surface area contributed by atoms with Crippen LogP contribution in [0.25, 0.3) is 0 Å². The molecule has 0 saturated carbocycles. The monoisotopic (exact) mass is 395 g/mol. The van der Waals surface area contributed by atoms with Crippen LogP contribution in [0.15, 0.2) is 46.9 Å². The van der Waals surface area contributed by atoms with Crippen molar-refractivity contribution in [2.24, 2.45) is 0 Å². The van der Waals surface area contributed by atoms with Gasteiger partial charge >= 0.3 is 0 Å². The molecule has 0 saturated heterocycles. The molecule has 4 heteroatoms. The third-order valence-electron chi connectivity index (χ3n) is 3.48. The fourth-order valence-corrected chi connectivity index (χ4v) is 3.36. The fourth-order valence-electron chi connectivity index (χ4n) is 2.50. The Hall–Kier alpha value is -1.00. The van der Waals surface area contributed by atoms with E-state index in [1.807, 2.05) is 12.1 Å². The summed E-state index contributed by atoms with van der Waals surface area (Å²) < 4.78 is 6.95. The van der Waals surface area contributed by atoms with Gasteiger partial charge in [-0.3, -0.25) is 0 Å². The van der Waals surface area contributed by atoms with Gasteiger partial charge < -0.3 is 9.64 Å². The van der Waals surface area contributed by atoms with Gasteiger partial charge in [0.25, 0.3) is 0 Å². The Morgan fingerprint density at radius 1 is 1.15 bits per heavy atom. The summed E-state index contributed by atoms with van der Waals surface area (Å²) in [5, 5.41) is 0.848. The van der Waals surface area contributed by atoms with Crippen LogP contribution in [0, 0.1) is 0 Å². The summed E-state index contributed by atoms with van der Waals surface area (Å²) in [5.74, 6) is 1.01. The van der Waals surface area contributed by atoms with E-state index in [1.54, 1.807) is 0 Å². The average Bonchev–Trinajstić information content (AvgIpc) is 2.69. The van der Waals surface area contributed by atoms with E-state index < -0.39 is 0 Å². The molecule has 1 aliphatic heterocycles. The van der Waals surface area contributed by atoms with Gasteiger partial charge in [0.2, 0.25) is 0 Å². The zero-order chi connectivity index (χ0) is 13.9. The van der Waals surface area contributed by atoms with E-state index in [2.05, 4.69) is 67.1 Å². The van der Waals surface area contributed by atoms with Crippen LogP contribution in [-0.2, 0) is 11.9 Å². The molecule has 0 fully saturated rings. The Morgan fingerprint density at radius 3 is 2.85 bits per heavy atom. The van der Waals surface area contributed by atoms with E-state index in [9.17, 15) is 0 Å². The Kier molecular flexibility index (Phi) is 4.32. The number of anilines is 1. The van der Waals surface area contributed by atoms with Crippen molar-refractivity contribution in [2.45, 2.75) is 11.9 Å². The SMILES string of the molecule is BrCc1cc(Br)ccc1N1CCOc2ccccc2C1. The van der Waals surface area contributed by atoms with Crippen LogP contribution < -0.4 is 9.64 Å². The second kappa shape index (κ2) is 6.19. The highest BCUT2D eigenvalue weighted by atomic mass is 79.9. The number of benzene rings is 2. The molecule has 3 rings (SSSR count). The molecule has 2 aromatic carbocycles. The summed E-state index contributed by atoms with van der Waals surface area (Å²) in [7, 11) is 0. The van der Waals surface area contributed by atoms with Crippen molar-refractivity contribution in [3.63, 3.8) is 0 Å². The number of fused-ring (bicyclic) bond motifs is 1. The summed E-state index contributed by atoms with van der Waals surface area (Å²) in [5.41, 5.74) is 3.80. The minimum absolute atomic E-state index is 0.717. The minimum atomic E-state index is 0.717. The molecule has 0 N–H and O–H groups in total. The molecule has 20 heavy (non-hydrogen) atoms. The quantitative estimate of drug-likeness (QED) is 0.679. The molecule has 1 aliphatic rings. The number of alkyl halides is 1. The van der Waals surface area contributed by atoms with Gasteiger partial charge in [0.15, 0.2) is 0 Å². The van der Waals surface area contributed by atoms with Crippen LogP contribution in [0.4, 0.5) is 5.69 Å². The van der Waals surface area contributed by atoms with E-state index in [1.165, 1.54) is 16.8 Å². The number of nitrogens with zero attached hydrogens (tertiary/aromatic N) is 1. The van der Waals surface area contributed by atoms with Crippen LogP contribution in [-0.4, -0.2) is 13.2 Å². The number of rotatable bonds is 2. The molecular weight excluding hydrogens is 382 g/mol. The first-order valence-corrected chi connectivity index (χ1v) is 8.49. The van der Waals surface area contributed by atoms with Crippen molar-refractivity contribution in [3.8, 4) is 5.75 Å². The highest BCUT2D eigenvalue weighted by Crippen LogP contribution is 2.30. The first kappa shape index (κ1) is 14.0. The van der Waals surface area contributed by atoms with Crippen LogP contribution in [0.3, 0.4) is 0 Å². The van der Waals surface area contributed by atoms with Gasteiger partial charge in [0.1, 0.15) is 12.4 Å². The van der Waals surface area contributed by atoms with Crippen molar-refractivity contribution in [1.82, 2.24) is 0 Å². The van der Waals surface area contributed by atoms with E-state index >= 15 is 0 Å². The van der Waals surface area contributed by atoms with Crippen LogP contribution in [0.1, 0.15) is 11.1 Å². The van der Waals surface area contributed by atoms with Gasteiger partial charge in [-0.1, -0.05) is 50.1 Å². The van der Waals surface area contributed by atoms with Crippen LogP contribution in [0.5, 0.6) is 5.75 Å². The van der Waals surface area contributed by atoms with Gasteiger partial charge in [-0.2, -0.15) is 0 Å². The smallest absolute Gasteiger partial charge is 0.124 e. The first-order chi connectivity index (χ1) is 9.78. The molecule has 1 heterocycles. The Bertz CT molecular complexity index is 615. The van der Waals surface area contributed by atoms with Crippen LogP contribution in [0.2, 0.25) is 0 Å². The summed E-state index contributed by atoms with van der Waals surface area (Å²) in [4.78, 5) is 2.38. The molecule has 2 nitrogen and oxygen atoms in total. The summed E-state index contributed by atoms with van der Waals surface area (Å²) >= 11 is 7.12. The molecule has 0 bridgehead atoms. The summed E-state index contributed by atoms with van der Waals surface area (Å²) in [6.07, 6.45) is 0. The molecule has 104 valence electrons. The van der Waals surface area contributed by atoms with E-state index in [0.29, 0.717) is 0 Å². The zero-order valence-electron chi connectivity index (χ0n) is 11.0. The second-order valence-electron chi connectivity index (χ2n) is 4.78. The van der Waals surface area contributed by atoms with Crippen LogP contribution >= 0.6 is 31.9 Å². The maximum absolute atomic E-state index is 5.83. The molecule has 0 radical (unpaired) electrons. The lowest BCUT2D eigenvalue weighted by atomic mass is 10.1. The van der Waals surface area contributed by atoms with Crippen molar-refractivity contribution in [1.29, 1.82) is 0 Å². The predicted molar refractivity (Wildman–Crippen MR) is 89.8 cm³/mol. The second-order valence-corrected chi connectivity index (χ2v) is 6.26. The molecule has 0 unspecified atom stereocenters. The summed E-state index contributed by atoms with van der Waals surface area (Å²) in [6, 6.07) is 14.7. The molecule has 0 spiro atoms. The lowest BCUT2D eigenvalue weighted by Gasteiger charge is -2.24. The number of halogens is 2. The predicted octanol–water partition coefficient (Wildman–Crippen LogP) is 4.74. The zero-order valence-corrected chi connectivity index (χ0v) is 14.2. The summed E-state index contributed by atoms with van der Waals surface area (Å²) in [6.45, 7) is 2.50. The average molecular weight is 397 g/mol. The van der Waals surface area contributed by atoms with Gasteiger partial charge in [0.05, 0.1) is 6.54 Å². The fraction of sp³-hybridized carbons (Fsp3) is 0.250. The number of ether oxygens (including phenoxy) is 1. The van der Waals surface area contributed by atoms with Crippen molar-refractivity contribution >= 4 is 37.5 Å². The molecular formula is C16H15Br2NO. The van der Waals surface area contributed by atoms with Crippen molar-refractivity contribution < 1.29 is 4.74 Å². The standard InChI is InChI=1S/C16H15Br2NO/c17-10-13-9-14(18)5-6-15(13)19-7-8-20-16-4-2-1-3-12(16)11-19/h1-6,9H,7-8,10-11H2. The van der Waals surface area contributed by atoms with Crippen molar-refractivity contribution in [2.75, 3.05) is 18.1 Å². The number of para-hydroxylation sites is 1. The third-order valence-corrected chi connectivity index (χ3v) is 4.58. The largest absolute Gasteiger partial charge is 0.491 e. The highest BCUT2D eigenvalue weighted by molar-refractivity contribution is 9.10. The highest BCUT2D eigenvalue weighted by Gasteiger charge is 2.17. The third kappa shape index (κ3) is 2.86. The molecule has 0 amide bonds. The lowest BCUT2D eigenvalue weighted by molar-refractivity contribution is 0.331. The molecule has 2 aromatic rings. The lowest BCUT2D eigenvalue weighted by Crippen LogP contribution is -2.26. The Morgan fingerprint density at radius 2 is 2.00 bits per heavy atom. The van der Waals surface area contributed by atoms with Gasteiger partial charge in [-0.25, -0.2) is 0 Å². The maximum atomic E-state index is 5.83. The Balaban J connectivity index is 1.95. The molecule has 0 atom stereocenters. The maximum Gasteiger partial charge on any atom is 0.124 e. The molecule has 0 aliphatic carbocycles. The minimum Gasteiger partial charge on any atom is -0.491 e. The van der Waals surface area contributed by atoms with E-state index in [4.69, 9.17) is 4.74 Å². The van der Waals surface area contributed by atoms with Crippen molar-refractivity contribution in [3.05, 3.63) is 58.1 Å². The van der Waals surface area contributed by atoms with Gasteiger partial charge in [-0.15, -0.1) is 0 Å².